The number of carboxylic acids is 1. The lowest BCUT2D eigenvalue weighted by Gasteiger charge is -1.97. The van der Waals surface area contributed by atoms with E-state index in [0.717, 1.165) is 17.2 Å². The summed E-state index contributed by atoms with van der Waals surface area (Å²) in [5, 5.41) is 8.49. The van der Waals surface area contributed by atoms with E-state index < -0.39 is 5.97 Å². The van der Waals surface area contributed by atoms with Gasteiger partial charge in [0, 0.05) is 6.08 Å². The molecule has 0 heterocycles. The Labute approximate surface area is 89.6 Å². The Hall–Kier alpha value is -1.83. The third-order valence-corrected chi connectivity index (χ3v) is 1.78. The maximum Gasteiger partial charge on any atom is 0.328 e. The van der Waals surface area contributed by atoms with Gasteiger partial charge in [-0.2, -0.15) is 0 Å². The van der Waals surface area contributed by atoms with Crippen LogP contribution in [0.1, 0.15) is 25.0 Å². The zero-order valence-corrected chi connectivity index (χ0v) is 8.90. The van der Waals surface area contributed by atoms with E-state index >= 15 is 0 Å². The van der Waals surface area contributed by atoms with Crippen molar-refractivity contribution in [2.45, 2.75) is 13.8 Å². The second kappa shape index (κ2) is 5.15. The Bertz CT molecular complexity index is 410. The molecule has 0 fully saturated rings. The molecule has 2 nitrogen and oxygen atoms in total. The first-order valence-corrected chi connectivity index (χ1v) is 4.74. The van der Waals surface area contributed by atoms with Crippen molar-refractivity contribution in [2.24, 2.45) is 0 Å². The van der Waals surface area contributed by atoms with Gasteiger partial charge in [0.15, 0.2) is 0 Å². The van der Waals surface area contributed by atoms with Gasteiger partial charge in [0.05, 0.1) is 0 Å². The average molecular weight is 202 g/mol. The molecule has 0 aromatic heterocycles. The summed E-state index contributed by atoms with van der Waals surface area (Å²) < 4.78 is 0. The van der Waals surface area contributed by atoms with Gasteiger partial charge in [-0.15, -0.1) is 0 Å². The fourth-order valence-corrected chi connectivity index (χ4v) is 1.25. The molecule has 78 valence electrons. The van der Waals surface area contributed by atoms with Gasteiger partial charge in [0.1, 0.15) is 0 Å². The lowest BCUT2D eigenvalue weighted by Crippen LogP contribution is -1.85. The summed E-state index contributed by atoms with van der Waals surface area (Å²) in [6, 6.07) is 7.73. The number of aliphatic carboxylic acids is 1. The normalized spacial score (nSPS) is 10.3. The molecule has 0 atom stereocenters. The Balaban J connectivity index is 2.93. The predicted molar refractivity (Wildman–Crippen MR) is 62.4 cm³/mol. The third-order valence-electron chi connectivity index (χ3n) is 1.78. The van der Waals surface area contributed by atoms with Crippen molar-refractivity contribution in [1.29, 1.82) is 0 Å². The minimum absolute atomic E-state index is 0.896. The van der Waals surface area contributed by atoms with Crippen LogP contribution in [0.25, 0.3) is 12.2 Å². The van der Waals surface area contributed by atoms with E-state index in [1.54, 1.807) is 6.08 Å². The average Bonchev–Trinajstić information content (AvgIpc) is 2.14. The first kappa shape index (κ1) is 11.2. The Morgan fingerprint density at radius 1 is 1.27 bits per heavy atom. The molecule has 15 heavy (non-hydrogen) atoms. The summed E-state index contributed by atoms with van der Waals surface area (Å²) in [6.07, 6.45) is 4.78. The number of benzene rings is 1. The fraction of sp³-hybridized carbons (Fsp3) is 0.154. The molecule has 1 rings (SSSR count). The van der Waals surface area contributed by atoms with Crippen molar-refractivity contribution >= 4 is 18.1 Å². The van der Waals surface area contributed by atoms with Gasteiger partial charge in [0.2, 0.25) is 0 Å². The van der Waals surface area contributed by atoms with E-state index in [-0.39, 0.29) is 0 Å². The number of hydrogen-bond acceptors (Lipinski definition) is 1. The fourth-order valence-electron chi connectivity index (χ4n) is 1.25. The van der Waals surface area contributed by atoms with E-state index in [9.17, 15) is 4.79 Å². The van der Waals surface area contributed by atoms with Crippen LogP contribution in [0.15, 0.2) is 35.9 Å². The molecule has 1 N–H and O–H groups in total. The smallest absolute Gasteiger partial charge is 0.328 e. The second-order valence-electron chi connectivity index (χ2n) is 3.56. The molecule has 0 aliphatic carbocycles. The highest BCUT2D eigenvalue weighted by atomic mass is 16.4. The summed E-state index contributed by atoms with van der Waals surface area (Å²) in [4.78, 5) is 10.3. The van der Waals surface area contributed by atoms with E-state index in [1.165, 1.54) is 5.57 Å². The SMILES string of the molecule is CC(C)=Cc1cccc(C=CC(=O)O)c1. The largest absolute Gasteiger partial charge is 0.478 e. The highest BCUT2D eigenvalue weighted by Gasteiger charge is 1.91. The maximum absolute atomic E-state index is 10.3. The van der Waals surface area contributed by atoms with Crippen molar-refractivity contribution in [2.75, 3.05) is 0 Å². The van der Waals surface area contributed by atoms with Crippen LogP contribution in [0, 0.1) is 0 Å². The van der Waals surface area contributed by atoms with Crippen molar-refractivity contribution in [3.63, 3.8) is 0 Å². The zero-order chi connectivity index (χ0) is 11.3. The molecule has 1 aromatic rings. The molecule has 0 spiro atoms. The second-order valence-corrected chi connectivity index (χ2v) is 3.56. The van der Waals surface area contributed by atoms with Gasteiger partial charge in [-0.3, -0.25) is 0 Å². The number of rotatable bonds is 3. The highest BCUT2D eigenvalue weighted by molar-refractivity contribution is 5.85. The summed E-state index contributed by atoms with van der Waals surface area (Å²) in [5.74, 6) is -0.928. The molecular formula is C13H14O2. The standard InChI is InChI=1S/C13H14O2/c1-10(2)8-12-5-3-4-11(9-12)6-7-13(14)15/h3-9H,1-2H3,(H,14,15). The van der Waals surface area contributed by atoms with E-state index in [0.29, 0.717) is 0 Å². The van der Waals surface area contributed by atoms with Crippen LogP contribution >= 0.6 is 0 Å². The predicted octanol–water partition coefficient (Wildman–Crippen LogP) is 3.21. The highest BCUT2D eigenvalue weighted by Crippen LogP contribution is 2.10. The molecule has 0 saturated heterocycles. The van der Waals surface area contributed by atoms with Crippen LogP contribution in [-0.2, 0) is 4.79 Å². The Morgan fingerprint density at radius 3 is 2.53 bits per heavy atom. The van der Waals surface area contributed by atoms with E-state index in [1.807, 2.05) is 38.1 Å². The molecule has 0 saturated carbocycles. The topological polar surface area (TPSA) is 37.3 Å². The van der Waals surface area contributed by atoms with Crippen LogP contribution in [0.3, 0.4) is 0 Å². The van der Waals surface area contributed by atoms with Gasteiger partial charge in [-0.05, 0) is 37.1 Å². The number of carbonyl (C=O) groups is 1. The monoisotopic (exact) mass is 202 g/mol. The molecule has 0 aliphatic heterocycles. The molecule has 1 aromatic carbocycles. The molecule has 0 radical (unpaired) electrons. The van der Waals surface area contributed by atoms with Crippen molar-refractivity contribution in [1.82, 2.24) is 0 Å². The Morgan fingerprint density at radius 2 is 1.93 bits per heavy atom. The van der Waals surface area contributed by atoms with Gasteiger partial charge in [-0.1, -0.05) is 29.8 Å². The lowest BCUT2D eigenvalue weighted by atomic mass is 10.1. The van der Waals surface area contributed by atoms with Gasteiger partial charge >= 0.3 is 5.97 Å². The minimum Gasteiger partial charge on any atom is -0.478 e. The first-order valence-electron chi connectivity index (χ1n) is 4.74. The number of carboxylic acid groups (broad SMARTS) is 1. The molecule has 0 unspecified atom stereocenters. The lowest BCUT2D eigenvalue weighted by molar-refractivity contribution is -0.131. The van der Waals surface area contributed by atoms with E-state index in [2.05, 4.69) is 6.08 Å². The van der Waals surface area contributed by atoms with Crippen molar-refractivity contribution in [3.8, 4) is 0 Å². The summed E-state index contributed by atoms with van der Waals surface area (Å²) in [5.41, 5.74) is 3.20. The third kappa shape index (κ3) is 4.27. The van der Waals surface area contributed by atoms with Crippen LogP contribution in [0.2, 0.25) is 0 Å². The molecular weight excluding hydrogens is 188 g/mol. The summed E-state index contributed by atoms with van der Waals surface area (Å²) in [7, 11) is 0. The molecule has 0 aliphatic rings. The Kier molecular flexibility index (Phi) is 3.86. The summed E-state index contributed by atoms with van der Waals surface area (Å²) >= 11 is 0. The van der Waals surface area contributed by atoms with Gasteiger partial charge in [0.25, 0.3) is 0 Å². The maximum atomic E-state index is 10.3. The zero-order valence-electron chi connectivity index (χ0n) is 8.90. The van der Waals surface area contributed by atoms with Crippen molar-refractivity contribution in [3.05, 3.63) is 47.0 Å². The van der Waals surface area contributed by atoms with Crippen LogP contribution < -0.4 is 0 Å². The number of allylic oxidation sites excluding steroid dienone is 1. The van der Waals surface area contributed by atoms with Gasteiger partial charge < -0.3 is 5.11 Å². The molecule has 0 bridgehead atoms. The summed E-state index contributed by atoms with van der Waals surface area (Å²) in [6.45, 7) is 4.06. The molecule has 0 amide bonds. The first-order chi connectivity index (χ1) is 7.08. The van der Waals surface area contributed by atoms with Crippen molar-refractivity contribution < 1.29 is 9.90 Å². The van der Waals surface area contributed by atoms with Crippen LogP contribution in [0.4, 0.5) is 0 Å². The minimum atomic E-state index is -0.928. The quantitative estimate of drug-likeness (QED) is 0.764. The van der Waals surface area contributed by atoms with E-state index in [4.69, 9.17) is 5.11 Å². The van der Waals surface area contributed by atoms with Crippen LogP contribution in [0.5, 0.6) is 0 Å². The molecule has 2 heteroatoms. The van der Waals surface area contributed by atoms with Gasteiger partial charge in [-0.25, -0.2) is 4.79 Å². The number of hydrogen-bond donors (Lipinski definition) is 1. The van der Waals surface area contributed by atoms with Crippen LogP contribution in [-0.4, -0.2) is 11.1 Å².